The van der Waals surface area contributed by atoms with Crippen molar-refractivity contribution in [2.45, 2.75) is 6.42 Å². The first kappa shape index (κ1) is 18.0. The van der Waals surface area contributed by atoms with E-state index in [2.05, 4.69) is 27.9 Å². The molecule has 5 nitrogen and oxygen atoms in total. The summed E-state index contributed by atoms with van der Waals surface area (Å²) in [7, 11) is 1.65. The van der Waals surface area contributed by atoms with E-state index in [1.54, 1.807) is 7.11 Å². The summed E-state index contributed by atoms with van der Waals surface area (Å²) >= 11 is 2.26. The highest BCUT2D eigenvalue weighted by Gasteiger charge is 2.11. The van der Waals surface area contributed by atoms with Gasteiger partial charge in [0.05, 0.1) is 13.2 Å². The molecule has 6 heteroatoms. The minimum Gasteiger partial charge on any atom is -0.382 e. The van der Waals surface area contributed by atoms with Crippen LogP contribution in [0.3, 0.4) is 0 Å². The smallest absolute Gasteiger partial charge is 0.268 e. The molecule has 23 heavy (non-hydrogen) atoms. The van der Waals surface area contributed by atoms with E-state index in [4.69, 9.17) is 9.47 Å². The fraction of sp³-hybridized carbons (Fsp3) is 0.353. The average Bonchev–Trinajstić information content (AvgIpc) is 3.03. The van der Waals surface area contributed by atoms with E-state index >= 15 is 0 Å². The van der Waals surface area contributed by atoms with E-state index in [0.717, 1.165) is 15.7 Å². The Morgan fingerprint density at radius 1 is 1.22 bits per heavy atom. The van der Waals surface area contributed by atoms with Crippen LogP contribution in [0.15, 0.2) is 42.6 Å². The Hall–Kier alpha value is -1.38. The Morgan fingerprint density at radius 3 is 2.87 bits per heavy atom. The fourth-order valence-corrected chi connectivity index (χ4v) is 2.65. The van der Waals surface area contributed by atoms with Crippen molar-refractivity contribution in [1.29, 1.82) is 0 Å². The maximum Gasteiger partial charge on any atom is 0.268 e. The van der Waals surface area contributed by atoms with Crippen LogP contribution >= 0.6 is 22.6 Å². The van der Waals surface area contributed by atoms with Crippen molar-refractivity contribution in [3.63, 3.8) is 0 Å². The third kappa shape index (κ3) is 5.63. The van der Waals surface area contributed by atoms with Crippen molar-refractivity contribution in [3.8, 4) is 5.69 Å². The molecule has 2 rings (SSSR count). The summed E-state index contributed by atoms with van der Waals surface area (Å²) in [5.74, 6) is -0.0780. The van der Waals surface area contributed by atoms with Gasteiger partial charge in [0.2, 0.25) is 0 Å². The highest BCUT2D eigenvalue weighted by Crippen LogP contribution is 2.15. The van der Waals surface area contributed by atoms with Crippen LogP contribution in [0.2, 0.25) is 0 Å². The van der Waals surface area contributed by atoms with Crippen LogP contribution in [0.25, 0.3) is 5.69 Å². The molecule has 1 N–H and O–H groups in total. The molecule has 0 bridgehead atoms. The van der Waals surface area contributed by atoms with Crippen LogP contribution < -0.4 is 5.32 Å². The van der Waals surface area contributed by atoms with Gasteiger partial charge in [-0.1, -0.05) is 6.07 Å². The predicted octanol–water partition coefficient (Wildman–Crippen LogP) is 2.86. The minimum absolute atomic E-state index is 0.0780. The molecule has 0 spiro atoms. The Morgan fingerprint density at radius 2 is 2.09 bits per heavy atom. The zero-order valence-corrected chi connectivity index (χ0v) is 15.3. The molecule has 0 unspecified atom stereocenters. The van der Waals surface area contributed by atoms with Crippen molar-refractivity contribution in [2.75, 3.05) is 33.5 Å². The Bertz CT molecular complexity index is 628. The second-order valence-electron chi connectivity index (χ2n) is 4.96. The zero-order chi connectivity index (χ0) is 16.5. The number of methoxy groups -OCH3 is 1. The fourth-order valence-electron chi connectivity index (χ4n) is 2.13. The molecule has 0 aliphatic carbocycles. The molecule has 1 amide bonds. The molecular weight excluding hydrogens is 407 g/mol. The second kappa shape index (κ2) is 9.69. The number of hydrogen-bond acceptors (Lipinski definition) is 3. The van der Waals surface area contributed by atoms with Gasteiger partial charge in [-0.2, -0.15) is 0 Å². The van der Waals surface area contributed by atoms with Gasteiger partial charge in [-0.05, 0) is 59.3 Å². The third-order valence-corrected chi connectivity index (χ3v) is 3.92. The van der Waals surface area contributed by atoms with Crippen molar-refractivity contribution < 1.29 is 14.3 Å². The van der Waals surface area contributed by atoms with Gasteiger partial charge in [0.1, 0.15) is 5.69 Å². The molecule has 0 atom stereocenters. The largest absolute Gasteiger partial charge is 0.382 e. The standard InChI is InChI=1S/C17H21IN2O3/c1-22-11-12-23-10-4-8-19-17(21)16-7-3-9-20(16)15-6-2-5-14(18)13-15/h2-3,5-7,9,13H,4,8,10-12H2,1H3,(H,19,21). The van der Waals surface area contributed by atoms with Crippen LogP contribution in [0.5, 0.6) is 0 Å². The van der Waals surface area contributed by atoms with E-state index in [-0.39, 0.29) is 5.91 Å². The molecule has 0 aliphatic rings. The van der Waals surface area contributed by atoms with Gasteiger partial charge in [0.25, 0.3) is 5.91 Å². The second-order valence-corrected chi connectivity index (χ2v) is 6.20. The summed E-state index contributed by atoms with van der Waals surface area (Å²) in [6.07, 6.45) is 2.67. The van der Waals surface area contributed by atoms with Gasteiger partial charge in [0.15, 0.2) is 0 Å². The number of amides is 1. The van der Waals surface area contributed by atoms with Crippen molar-refractivity contribution in [2.24, 2.45) is 0 Å². The molecule has 0 fully saturated rings. The first-order chi connectivity index (χ1) is 11.2. The van der Waals surface area contributed by atoms with Gasteiger partial charge >= 0.3 is 0 Å². The van der Waals surface area contributed by atoms with Crippen molar-refractivity contribution in [3.05, 3.63) is 51.9 Å². The Balaban J connectivity index is 1.85. The normalized spacial score (nSPS) is 10.7. The number of rotatable bonds is 9. The summed E-state index contributed by atoms with van der Waals surface area (Å²) in [6, 6.07) is 11.7. The van der Waals surface area contributed by atoms with Crippen molar-refractivity contribution in [1.82, 2.24) is 9.88 Å². The zero-order valence-electron chi connectivity index (χ0n) is 13.1. The summed E-state index contributed by atoms with van der Waals surface area (Å²) < 4.78 is 13.3. The van der Waals surface area contributed by atoms with Crippen molar-refractivity contribution >= 4 is 28.5 Å². The van der Waals surface area contributed by atoms with Crippen LogP contribution in [0.4, 0.5) is 0 Å². The maximum atomic E-state index is 12.3. The number of benzene rings is 1. The van der Waals surface area contributed by atoms with E-state index in [9.17, 15) is 4.79 Å². The van der Waals surface area contributed by atoms with Gasteiger partial charge in [-0.3, -0.25) is 4.79 Å². The first-order valence-electron chi connectivity index (χ1n) is 7.50. The number of carbonyl (C=O) groups is 1. The van der Waals surface area contributed by atoms with Crippen LogP contribution in [0.1, 0.15) is 16.9 Å². The first-order valence-corrected chi connectivity index (χ1v) is 8.58. The lowest BCUT2D eigenvalue weighted by Gasteiger charge is -2.10. The number of ether oxygens (including phenoxy) is 2. The van der Waals surface area contributed by atoms with Crippen LogP contribution in [-0.4, -0.2) is 43.9 Å². The highest BCUT2D eigenvalue weighted by molar-refractivity contribution is 14.1. The molecule has 124 valence electrons. The van der Waals surface area contributed by atoms with Crippen LogP contribution in [-0.2, 0) is 9.47 Å². The Kier molecular flexibility index (Phi) is 7.57. The third-order valence-electron chi connectivity index (χ3n) is 3.25. The van der Waals surface area contributed by atoms with E-state index in [1.165, 1.54) is 0 Å². The number of hydrogen-bond donors (Lipinski definition) is 1. The molecule has 0 saturated carbocycles. The van der Waals surface area contributed by atoms with E-state index in [1.807, 2.05) is 47.2 Å². The summed E-state index contributed by atoms with van der Waals surface area (Å²) in [6.45, 7) is 2.38. The predicted molar refractivity (Wildman–Crippen MR) is 98.1 cm³/mol. The Labute approximate surface area is 150 Å². The van der Waals surface area contributed by atoms with Crippen LogP contribution in [0, 0.1) is 3.57 Å². The quantitative estimate of drug-likeness (QED) is 0.494. The molecule has 0 radical (unpaired) electrons. The molecule has 2 aromatic rings. The molecule has 1 heterocycles. The van der Waals surface area contributed by atoms with E-state index in [0.29, 0.717) is 32.1 Å². The molecule has 0 aliphatic heterocycles. The molecular formula is C17H21IN2O3. The monoisotopic (exact) mass is 428 g/mol. The maximum absolute atomic E-state index is 12.3. The average molecular weight is 428 g/mol. The van der Waals surface area contributed by atoms with Gasteiger partial charge in [0, 0.05) is 35.7 Å². The summed E-state index contributed by atoms with van der Waals surface area (Å²) in [4.78, 5) is 12.3. The molecule has 1 aromatic carbocycles. The SMILES string of the molecule is COCCOCCCNC(=O)c1cccn1-c1cccc(I)c1. The summed E-state index contributed by atoms with van der Waals surface area (Å²) in [5, 5.41) is 2.93. The lowest BCUT2D eigenvalue weighted by molar-refractivity contribution is 0.0688. The van der Waals surface area contributed by atoms with Gasteiger partial charge < -0.3 is 19.4 Å². The number of nitrogens with zero attached hydrogens (tertiary/aromatic N) is 1. The van der Waals surface area contributed by atoms with E-state index < -0.39 is 0 Å². The van der Waals surface area contributed by atoms with Gasteiger partial charge in [-0.25, -0.2) is 0 Å². The number of carbonyl (C=O) groups excluding carboxylic acids is 1. The number of halogens is 1. The molecule has 0 saturated heterocycles. The lowest BCUT2D eigenvalue weighted by Crippen LogP contribution is -2.27. The van der Waals surface area contributed by atoms with Gasteiger partial charge in [-0.15, -0.1) is 0 Å². The summed E-state index contributed by atoms with van der Waals surface area (Å²) in [5.41, 5.74) is 1.61. The number of aromatic nitrogens is 1. The highest BCUT2D eigenvalue weighted by atomic mass is 127. The topological polar surface area (TPSA) is 52.5 Å². The molecule has 1 aromatic heterocycles. The minimum atomic E-state index is -0.0780. The lowest BCUT2D eigenvalue weighted by atomic mass is 10.3. The number of nitrogens with one attached hydrogen (secondary N) is 1.